The molecule has 0 spiro atoms. The maximum absolute atomic E-state index is 10.7. The number of unbranched alkanes of at least 4 members (excludes halogenated alkanes) is 1. The molecular formula is C14H23NO4S. The fourth-order valence-electron chi connectivity index (χ4n) is 1.59. The number of carbonyl (C=O) groups excluding carboxylic acids is 1. The summed E-state index contributed by atoms with van der Waals surface area (Å²) in [5.74, 6) is -0.0316. The Bertz CT molecular complexity index is 485. The van der Waals surface area contributed by atoms with Gasteiger partial charge in [-0.2, -0.15) is 8.42 Å². The summed E-state index contributed by atoms with van der Waals surface area (Å²) in [6.45, 7) is 4.12. The first-order valence-corrected chi connectivity index (χ1v) is 8.08. The van der Waals surface area contributed by atoms with Crippen LogP contribution in [-0.4, -0.2) is 18.9 Å². The van der Waals surface area contributed by atoms with E-state index in [1.807, 2.05) is 6.92 Å². The van der Waals surface area contributed by atoms with Gasteiger partial charge in [0.15, 0.2) is 0 Å². The highest BCUT2D eigenvalue weighted by molar-refractivity contribution is 7.85. The second kappa shape index (κ2) is 9.50. The van der Waals surface area contributed by atoms with Gasteiger partial charge in [-0.15, -0.1) is 0 Å². The van der Waals surface area contributed by atoms with Crippen LogP contribution in [0, 0.1) is 5.92 Å². The molecular weight excluding hydrogens is 278 g/mol. The molecule has 1 aromatic carbocycles. The van der Waals surface area contributed by atoms with E-state index >= 15 is 0 Å². The smallest absolute Gasteiger partial charge is 0.294 e. The van der Waals surface area contributed by atoms with Crippen LogP contribution in [0.4, 0.5) is 0 Å². The van der Waals surface area contributed by atoms with Gasteiger partial charge in [0.2, 0.25) is 5.91 Å². The van der Waals surface area contributed by atoms with Crippen LogP contribution in [0.25, 0.3) is 0 Å². The van der Waals surface area contributed by atoms with Crippen molar-refractivity contribution >= 4 is 16.0 Å². The molecule has 0 aromatic heterocycles. The number of primary amides is 1. The summed E-state index contributed by atoms with van der Waals surface area (Å²) < 4.78 is 29.2. The maximum Gasteiger partial charge on any atom is 0.294 e. The monoisotopic (exact) mass is 301 g/mol. The van der Waals surface area contributed by atoms with Crippen molar-refractivity contribution in [1.82, 2.24) is 0 Å². The van der Waals surface area contributed by atoms with Crippen LogP contribution < -0.4 is 5.73 Å². The number of nitrogens with two attached hydrogens (primary N) is 1. The Kier molecular flexibility index (Phi) is 8.83. The lowest BCUT2D eigenvalue weighted by molar-refractivity contribution is -0.122. The number of carbonyl (C=O) groups is 1. The molecule has 20 heavy (non-hydrogen) atoms. The molecule has 0 saturated carbocycles. The average molecular weight is 301 g/mol. The summed E-state index contributed by atoms with van der Waals surface area (Å²) in [6, 6.07) is 7.42. The molecule has 0 radical (unpaired) electrons. The van der Waals surface area contributed by atoms with E-state index in [9.17, 15) is 13.2 Å². The Morgan fingerprint density at radius 1 is 1.25 bits per heavy atom. The molecule has 1 aromatic rings. The Labute approximate surface area is 120 Å². The van der Waals surface area contributed by atoms with E-state index in [1.165, 1.54) is 12.1 Å². The van der Waals surface area contributed by atoms with Gasteiger partial charge in [0.1, 0.15) is 0 Å². The standard InChI is InChI=1S/C8H17NO.C6H6O3S/c1-3-5-6-7(4-2)8(9)10;7-10(8,9)6-4-2-1-3-5-6/h7H,3-6H2,1-2H3,(H2,9,10);1-5H,(H,7,8,9). The molecule has 0 bridgehead atoms. The minimum atomic E-state index is -4.00. The fourth-order valence-corrected chi connectivity index (χ4v) is 2.09. The molecule has 1 amide bonds. The zero-order chi connectivity index (χ0) is 15.6. The predicted molar refractivity (Wildman–Crippen MR) is 78.8 cm³/mol. The Balaban J connectivity index is 0.000000361. The van der Waals surface area contributed by atoms with Crippen LogP contribution in [-0.2, 0) is 14.9 Å². The first-order valence-electron chi connectivity index (χ1n) is 6.64. The molecule has 0 saturated heterocycles. The summed E-state index contributed by atoms with van der Waals surface area (Å²) in [6.07, 6.45) is 4.10. The van der Waals surface area contributed by atoms with Crippen LogP contribution >= 0.6 is 0 Å². The molecule has 5 nitrogen and oxygen atoms in total. The van der Waals surface area contributed by atoms with Crippen molar-refractivity contribution in [2.45, 2.75) is 44.4 Å². The molecule has 6 heteroatoms. The Morgan fingerprint density at radius 3 is 2.10 bits per heavy atom. The molecule has 0 aliphatic rings. The van der Waals surface area contributed by atoms with Gasteiger partial charge in [0.05, 0.1) is 4.90 Å². The lowest BCUT2D eigenvalue weighted by atomic mass is 9.99. The van der Waals surface area contributed by atoms with Gasteiger partial charge >= 0.3 is 0 Å². The number of hydrogen-bond donors (Lipinski definition) is 2. The van der Waals surface area contributed by atoms with Crippen molar-refractivity contribution in [2.75, 3.05) is 0 Å². The summed E-state index contributed by atoms with van der Waals surface area (Å²) in [5, 5.41) is 0. The van der Waals surface area contributed by atoms with Crippen molar-refractivity contribution in [3.63, 3.8) is 0 Å². The van der Waals surface area contributed by atoms with E-state index in [-0.39, 0.29) is 16.7 Å². The van der Waals surface area contributed by atoms with Gasteiger partial charge < -0.3 is 5.73 Å². The van der Waals surface area contributed by atoms with E-state index < -0.39 is 10.1 Å². The second-order valence-electron chi connectivity index (χ2n) is 4.44. The van der Waals surface area contributed by atoms with Crippen LogP contribution in [0.5, 0.6) is 0 Å². The average Bonchev–Trinajstić information content (AvgIpc) is 2.40. The van der Waals surface area contributed by atoms with Crippen molar-refractivity contribution in [1.29, 1.82) is 0 Å². The second-order valence-corrected chi connectivity index (χ2v) is 5.86. The Morgan fingerprint density at radius 2 is 1.80 bits per heavy atom. The van der Waals surface area contributed by atoms with E-state index in [1.54, 1.807) is 18.2 Å². The summed E-state index contributed by atoms with van der Waals surface area (Å²) in [5.41, 5.74) is 5.15. The predicted octanol–water partition coefficient (Wildman–Crippen LogP) is 2.62. The SMILES string of the molecule is CCCCC(CC)C(N)=O.O=S(=O)(O)c1ccccc1. The number of rotatable bonds is 6. The van der Waals surface area contributed by atoms with E-state index in [4.69, 9.17) is 10.3 Å². The third-order valence-corrected chi connectivity index (χ3v) is 3.71. The molecule has 1 rings (SSSR count). The molecule has 0 fully saturated rings. The summed E-state index contributed by atoms with van der Waals surface area (Å²) in [7, 11) is -4.00. The van der Waals surface area contributed by atoms with Crippen LogP contribution in [0.3, 0.4) is 0 Å². The topological polar surface area (TPSA) is 97.5 Å². The van der Waals surface area contributed by atoms with Crippen molar-refractivity contribution in [2.24, 2.45) is 11.7 Å². The van der Waals surface area contributed by atoms with E-state index in [0.29, 0.717) is 0 Å². The summed E-state index contributed by atoms with van der Waals surface area (Å²) >= 11 is 0. The first-order chi connectivity index (χ1) is 9.32. The number of hydrogen-bond acceptors (Lipinski definition) is 3. The zero-order valence-electron chi connectivity index (χ0n) is 12.0. The van der Waals surface area contributed by atoms with Crippen LogP contribution in [0.1, 0.15) is 39.5 Å². The third-order valence-electron chi connectivity index (χ3n) is 2.84. The van der Waals surface area contributed by atoms with Crippen molar-refractivity contribution in [3.05, 3.63) is 30.3 Å². The molecule has 1 unspecified atom stereocenters. The van der Waals surface area contributed by atoms with Crippen LogP contribution in [0.15, 0.2) is 35.2 Å². The third kappa shape index (κ3) is 7.91. The molecule has 0 aliphatic heterocycles. The molecule has 1 atom stereocenters. The number of benzene rings is 1. The van der Waals surface area contributed by atoms with E-state index in [0.717, 1.165) is 25.7 Å². The highest BCUT2D eigenvalue weighted by Gasteiger charge is 2.10. The first kappa shape index (κ1) is 18.6. The largest absolute Gasteiger partial charge is 0.369 e. The zero-order valence-corrected chi connectivity index (χ0v) is 12.8. The summed E-state index contributed by atoms with van der Waals surface area (Å²) in [4.78, 5) is 10.6. The molecule has 0 aliphatic carbocycles. The quantitative estimate of drug-likeness (QED) is 0.789. The van der Waals surface area contributed by atoms with Crippen molar-refractivity contribution in [3.8, 4) is 0 Å². The lowest BCUT2D eigenvalue weighted by Crippen LogP contribution is -2.22. The minimum Gasteiger partial charge on any atom is -0.369 e. The van der Waals surface area contributed by atoms with Gasteiger partial charge in [0.25, 0.3) is 10.1 Å². The van der Waals surface area contributed by atoms with Crippen LogP contribution in [0.2, 0.25) is 0 Å². The van der Waals surface area contributed by atoms with Crippen molar-refractivity contribution < 1.29 is 17.8 Å². The van der Waals surface area contributed by atoms with Gasteiger partial charge in [0, 0.05) is 5.92 Å². The lowest BCUT2D eigenvalue weighted by Gasteiger charge is -2.08. The molecule has 0 heterocycles. The maximum atomic E-state index is 10.7. The van der Waals surface area contributed by atoms with Gasteiger partial charge in [-0.05, 0) is 25.0 Å². The van der Waals surface area contributed by atoms with Gasteiger partial charge in [-0.25, -0.2) is 0 Å². The highest BCUT2D eigenvalue weighted by Crippen LogP contribution is 2.10. The Hall–Kier alpha value is -1.40. The number of amides is 1. The van der Waals surface area contributed by atoms with Gasteiger partial charge in [-0.3, -0.25) is 9.35 Å². The minimum absolute atomic E-state index is 0.0741. The normalized spacial score (nSPS) is 12.2. The molecule has 3 N–H and O–H groups in total. The van der Waals surface area contributed by atoms with E-state index in [2.05, 4.69) is 6.92 Å². The fraction of sp³-hybridized carbons (Fsp3) is 0.500. The molecule has 114 valence electrons. The van der Waals surface area contributed by atoms with Gasteiger partial charge in [-0.1, -0.05) is 44.9 Å². The highest BCUT2D eigenvalue weighted by atomic mass is 32.2.